The van der Waals surface area contributed by atoms with E-state index in [1.807, 2.05) is 49.4 Å². The number of rotatable bonds is 5. The van der Waals surface area contributed by atoms with Gasteiger partial charge in [0.15, 0.2) is 0 Å². The average Bonchev–Trinajstić information content (AvgIpc) is 2.94. The molecule has 1 aromatic heterocycles. The van der Waals surface area contributed by atoms with Gasteiger partial charge in [0.1, 0.15) is 5.76 Å². The maximum Gasteiger partial charge on any atom is 0.120 e. The number of benzene rings is 1. The quantitative estimate of drug-likeness (QED) is 0.872. The molecule has 3 nitrogen and oxygen atoms in total. The molecular formula is C15H16N2O. The summed E-state index contributed by atoms with van der Waals surface area (Å²) in [6.45, 7) is 2.64. The average molecular weight is 240 g/mol. The van der Waals surface area contributed by atoms with E-state index < -0.39 is 0 Å². The van der Waals surface area contributed by atoms with Gasteiger partial charge in [-0.3, -0.25) is 0 Å². The van der Waals surface area contributed by atoms with Crippen molar-refractivity contribution in [1.82, 2.24) is 5.32 Å². The Hall–Kier alpha value is -2.05. The number of nitrogens with zero attached hydrogens (tertiary/aromatic N) is 1. The number of hydrogen-bond donors (Lipinski definition) is 1. The maximum atomic E-state index is 9.21. The summed E-state index contributed by atoms with van der Waals surface area (Å²) in [6.07, 6.45) is 1.66. The van der Waals surface area contributed by atoms with Gasteiger partial charge >= 0.3 is 0 Å². The molecule has 92 valence electrons. The predicted molar refractivity (Wildman–Crippen MR) is 69.9 cm³/mol. The first-order valence-corrected chi connectivity index (χ1v) is 6.02. The van der Waals surface area contributed by atoms with E-state index >= 15 is 0 Å². The SMILES string of the molecule is C[C@@H](NCC(C#N)c1ccccc1)c1ccco1. The highest BCUT2D eigenvalue weighted by atomic mass is 16.3. The second-order valence-electron chi connectivity index (χ2n) is 4.24. The van der Waals surface area contributed by atoms with Gasteiger partial charge in [-0.05, 0) is 24.6 Å². The Labute approximate surface area is 107 Å². The van der Waals surface area contributed by atoms with Crippen LogP contribution in [0.2, 0.25) is 0 Å². The minimum Gasteiger partial charge on any atom is -0.468 e. The lowest BCUT2D eigenvalue weighted by Crippen LogP contribution is -2.23. The van der Waals surface area contributed by atoms with Gasteiger partial charge < -0.3 is 9.73 Å². The Bertz CT molecular complexity index is 499. The Morgan fingerprint density at radius 1 is 1.22 bits per heavy atom. The summed E-state index contributed by atoms with van der Waals surface area (Å²) in [5.74, 6) is 0.753. The molecule has 2 rings (SSSR count). The molecule has 0 saturated heterocycles. The second kappa shape index (κ2) is 6.04. The highest BCUT2D eigenvalue weighted by Gasteiger charge is 2.13. The van der Waals surface area contributed by atoms with Crippen LogP contribution >= 0.6 is 0 Å². The van der Waals surface area contributed by atoms with Gasteiger partial charge in [-0.1, -0.05) is 30.3 Å². The summed E-state index contributed by atoms with van der Waals surface area (Å²) < 4.78 is 5.32. The molecule has 2 atom stereocenters. The Morgan fingerprint density at radius 3 is 2.61 bits per heavy atom. The summed E-state index contributed by atoms with van der Waals surface area (Å²) in [7, 11) is 0. The molecule has 0 aliphatic carbocycles. The molecule has 0 amide bonds. The van der Waals surface area contributed by atoms with E-state index in [9.17, 15) is 5.26 Å². The summed E-state index contributed by atoms with van der Waals surface area (Å²) in [5, 5.41) is 12.5. The standard InChI is InChI=1S/C15H16N2O/c1-12(15-8-5-9-18-15)17-11-14(10-16)13-6-3-2-4-7-13/h2-9,12,14,17H,11H2,1H3/t12-,14?/m1/s1. The Morgan fingerprint density at radius 2 is 2.00 bits per heavy atom. The molecule has 18 heavy (non-hydrogen) atoms. The van der Waals surface area contributed by atoms with Crippen LogP contribution in [0.15, 0.2) is 53.1 Å². The molecule has 0 saturated carbocycles. The van der Waals surface area contributed by atoms with E-state index in [0.717, 1.165) is 11.3 Å². The first kappa shape index (κ1) is 12.4. The molecule has 3 heteroatoms. The van der Waals surface area contributed by atoms with Gasteiger partial charge in [0.2, 0.25) is 0 Å². The number of nitriles is 1. The highest BCUT2D eigenvalue weighted by molar-refractivity contribution is 5.25. The third-order valence-electron chi connectivity index (χ3n) is 2.96. The number of furan rings is 1. The van der Waals surface area contributed by atoms with Crippen molar-refractivity contribution >= 4 is 0 Å². The van der Waals surface area contributed by atoms with E-state index in [1.165, 1.54) is 0 Å². The zero-order valence-electron chi connectivity index (χ0n) is 10.3. The van der Waals surface area contributed by atoms with Crippen LogP contribution in [0.1, 0.15) is 30.2 Å². The smallest absolute Gasteiger partial charge is 0.120 e. The van der Waals surface area contributed by atoms with E-state index in [4.69, 9.17) is 4.42 Å². The fourth-order valence-corrected chi connectivity index (χ4v) is 1.86. The third-order valence-corrected chi connectivity index (χ3v) is 2.96. The van der Waals surface area contributed by atoms with Crippen LogP contribution in [-0.2, 0) is 0 Å². The highest BCUT2D eigenvalue weighted by Crippen LogP contribution is 2.17. The zero-order chi connectivity index (χ0) is 12.8. The molecule has 1 unspecified atom stereocenters. The molecule has 0 aliphatic rings. The third kappa shape index (κ3) is 2.99. The van der Waals surface area contributed by atoms with Crippen molar-refractivity contribution in [2.45, 2.75) is 18.9 Å². The summed E-state index contributed by atoms with van der Waals surface area (Å²) >= 11 is 0. The topological polar surface area (TPSA) is 49.0 Å². The van der Waals surface area contributed by atoms with E-state index in [-0.39, 0.29) is 12.0 Å². The number of hydrogen-bond acceptors (Lipinski definition) is 3. The van der Waals surface area contributed by atoms with Crippen LogP contribution in [0.25, 0.3) is 0 Å². The molecule has 2 aromatic rings. The molecule has 0 spiro atoms. The van der Waals surface area contributed by atoms with Crippen LogP contribution in [0, 0.1) is 11.3 Å². The van der Waals surface area contributed by atoms with Crippen molar-refractivity contribution in [3.8, 4) is 6.07 Å². The van der Waals surface area contributed by atoms with E-state index in [2.05, 4.69) is 11.4 Å². The molecule has 0 radical (unpaired) electrons. The van der Waals surface area contributed by atoms with Crippen LogP contribution in [0.3, 0.4) is 0 Å². The Balaban J connectivity index is 1.95. The second-order valence-corrected chi connectivity index (χ2v) is 4.24. The molecule has 0 fully saturated rings. The minimum atomic E-state index is -0.136. The lowest BCUT2D eigenvalue weighted by molar-refractivity contribution is 0.428. The van der Waals surface area contributed by atoms with Crippen molar-refractivity contribution in [3.05, 3.63) is 60.1 Å². The van der Waals surface area contributed by atoms with Crippen molar-refractivity contribution in [1.29, 1.82) is 5.26 Å². The summed E-state index contributed by atoms with van der Waals surface area (Å²) in [5.41, 5.74) is 1.04. The lowest BCUT2D eigenvalue weighted by atomic mass is 10.0. The Kier molecular flexibility index (Phi) is 4.16. The van der Waals surface area contributed by atoms with Crippen LogP contribution < -0.4 is 5.32 Å². The van der Waals surface area contributed by atoms with E-state index in [0.29, 0.717) is 6.54 Å². The monoisotopic (exact) mass is 240 g/mol. The molecule has 0 aliphatic heterocycles. The van der Waals surface area contributed by atoms with Crippen molar-refractivity contribution in [2.75, 3.05) is 6.54 Å². The molecule has 1 aromatic carbocycles. The molecule has 1 N–H and O–H groups in total. The minimum absolute atomic E-state index is 0.111. The van der Waals surface area contributed by atoms with Crippen molar-refractivity contribution in [3.63, 3.8) is 0 Å². The zero-order valence-corrected chi connectivity index (χ0v) is 10.3. The summed E-state index contributed by atoms with van der Waals surface area (Å²) in [4.78, 5) is 0. The van der Waals surface area contributed by atoms with Crippen molar-refractivity contribution < 1.29 is 4.42 Å². The van der Waals surface area contributed by atoms with E-state index in [1.54, 1.807) is 6.26 Å². The van der Waals surface area contributed by atoms with Gasteiger partial charge in [-0.15, -0.1) is 0 Å². The molecule has 1 heterocycles. The maximum absolute atomic E-state index is 9.21. The van der Waals surface area contributed by atoms with Gasteiger partial charge in [-0.25, -0.2) is 0 Å². The van der Waals surface area contributed by atoms with Gasteiger partial charge in [0.05, 0.1) is 24.3 Å². The van der Waals surface area contributed by atoms with Crippen molar-refractivity contribution in [2.24, 2.45) is 0 Å². The number of nitrogens with one attached hydrogen (secondary N) is 1. The normalized spacial score (nSPS) is 13.8. The van der Waals surface area contributed by atoms with Gasteiger partial charge in [0, 0.05) is 6.54 Å². The molecular weight excluding hydrogens is 224 g/mol. The van der Waals surface area contributed by atoms with Crippen LogP contribution in [0.4, 0.5) is 0 Å². The van der Waals surface area contributed by atoms with Gasteiger partial charge in [-0.2, -0.15) is 5.26 Å². The lowest BCUT2D eigenvalue weighted by Gasteiger charge is -2.14. The first-order valence-electron chi connectivity index (χ1n) is 6.02. The predicted octanol–water partition coefficient (Wildman–Crippen LogP) is 3.24. The molecule has 0 bridgehead atoms. The first-order chi connectivity index (χ1) is 8.81. The van der Waals surface area contributed by atoms with Gasteiger partial charge in [0.25, 0.3) is 0 Å². The van der Waals surface area contributed by atoms with Crippen LogP contribution in [-0.4, -0.2) is 6.54 Å². The fraction of sp³-hybridized carbons (Fsp3) is 0.267. The fourth-order valence-electron chi connectivity index (χ4n) is 1.86. The summed E-state index contributed by atoms with van der Waals surface area (Å²) in [6, 6.07) is 16.1. The largest absolute Gasteiger partial charge is 0.468 e. The van der Waals surface area contributed by atoms with Crippen LogP contribution in [0.5, 0.6) is 0 Å².